The maximum Gasteiger partial charge on any atom is 0.178 e. The first-order valence-electron chi connectivity index (χ1n) is 10.1. The van der Waals surface area contributed by atoms with E-state index >= 15 is 0 Å². The summed E-state index contributed by atoms with van der Waals surface area (Å²) >= 11 is 0. The van der Waals surface area contributed by atoms with E-state index in [2.05, 4.69) is 24.3 Å². The zero-order valence-corrected chi connectivity index (χ0v) is 17.7. The SMILES string of the molecule is CC(CS(=O)(=O)c1ccc(CCc2cccc(CCN)c2)cc1)c1ccccc1. The van der Waals surface area contributed by atoms with Gasteiger partial charge in [-0.25, -0.2) is 8.42 Å². The van der Waals surface area contributed by atoms with Crippen molar-refractivity contribution in [3.05, 3.63) is 101 Å². The topological polar surface area (TPSA) is 60.2 Å². The predicted octanol–water partition coefficient (Wildman–Crippen LogP) is 4.55. The molecule has 152 valence electrons. The molecule has 0 bridgehead atoms. The molecule has 0 fully saturated rings. The lowest BCUT2D eigenvalue weighted by atomic mass is 10.0. The van der Waals surface area contributed by atoms with Crippen molar-refractivity contribution in [3.8, 4) is 0 Å². The second kappa shape index (κ2) is 9.86. The van der Waals surface area contributed by atoms with Crippen LogP contribution < -0.4 is 5.73 Å². The van der Waals surface area contributed by atoms with Crippen LogP contribution in [0.4, 0.5) is 0 Å². The summed E-state index contributed by atoms with van der Waals surface area (Å²) in [7, 11) is -3.32. The minimum Gasteiger partial charge on any atom is -0.330 e. The Morgan fingerprint density at radius 2 is 1.38 bits per heavy atom. The average Bonchev–Trinajstić information content (AvgIpc) is 2.73. The molecule has 3 aromatic carbocycles. The van der Waals surface area contributed by atoms with Crippen LogP contribution in [0.25, 0.3) is 0 Å². The fourth-order valence-electron chi connectivity index (χ4n) is 3.56. The second-order valence-electron chi connectivity index (χ2n) is 7.60. The highest BCUT2D eigenvalue weighted by Crippen LogP contribution is 2.22. The Labute approximate surface area is 174 Å². The zero-order valence-electron chi connectivity index (χ0n) is 16.9. The lowest BCUT2D eigenvalue weighted by Crippen LogP contribution is -2.13. The van der Waals surface area contributed by atoms with Crippen molar-refractivity contribution in [2.24, 2.45) is 5.73 Å². The minimum absolute atomic E-state index is 0.0401. The van der Waals surface area contributed by atoms with Crippen molar-refractivity contribution in [2.45, 2.75) is 37.0 Å². The Bertz CT molecular complexity index is 1010. The van der Waals surface area contributed by atoms with Crippen molar-refractivity contribution in [1.82, 2.24) is 0 Å². The van der Waals surface area contributed by atoms with Gasteiger partial charge in [0.25, 0.3) is 0 Å². The van der Waals surface area contributed by atoms with E-state index in [1.165, 1.54) is 11.1 Å². The molecule has 0 amide bonds. The average molecular weight is 408 g/mol. The van der Waals surface area contributed by atoms with E-state index in [0.29, 0.717) is 11.4 Å². The van der Waals surface area contributed by atoms with E-state index in [1.54, 1.807) is 12.1 Å². The Balaban J connectivity index is 1.62. The molecule has 0 saturated carbocycles. The highest BCUT2D eigenvalue weighted by atomic mass is 32.2. The summed E-state index contributed by atoms with van der Waals surface area (Å²) in [6, 6.07) is 25.7. The lowest BCUT2D eigenvalue weighted by molar-refractivity contribution is 0.590. The Kier molecular flexibility index (Phi) is 7.24. The van der Waals surface area contributed by atoms with Crippen molar-refractivity contribution < 1.29 is 8.42 Å². The summed E-state index contributed by atoms with van der Waals surface area (Å²) in [4.78, 5) is 0.397. The van der Waals surface area contributed by atoms with Crippen molar-refractivity contribution >= 4 is 9.84 Å². The molecule has 0 radical (unpaired) electrons. The number of hydrogen-bond acceptors (Lipinski definition) is 3. The normalized spacial score (nSPS) is 12.6. The molecule has 3 nitrogen and oxygen atoms in total. The van der Waals surface area contributed by atoms with E-state index in [4.69, 9.17) is 5.73 Å². The van der Waals surface area contributed by atoms with Gasteiger partial charge in [0.05, 0.1) is 10.6 Å². The highest BCUT2D eigenvalue weighted by Gasteiger charge is 2.19. The van der Waals surface area contributed by atoms with Gasteiger partial charge in [-0.05, 0) is 66.1 Å². The van der Waals surface area contributed by atoms with Crippen LogP contribution in [0.3, 0.4) is 0 Å². The summed E-state index contributed by atoms with van der Waals surface area (Å²) in [6.07, 6.45) is 2.70. The van der Waals surface area contributed by atoms with Crippen LogP contribution in [0.2, 0.25) is 0 Å². The van der Waals surface area contributed by atoms with Crippen LogP contribution in [0.1, 0.15) is 35.1 Å². The van der Waals surface area contributed by atoms with Gasteiger partial charge in [-0.1, -0.05) is 73.7 Å². The zero-order chi connectivity index (χ0) is 20.7. The molecule has 0 aliphatic rings. The number of sulfone groups is 1. The molecule has 3 rings (SSSR count). The number of benzene rings is 3. The number of aryl methyl sites for hydroxylation is 2. The minimum atomic E-state index is -3.32. The van der Waals surface area contributed by atoms with Crippen LogP contribution in [-0.2, 0) is 29.1 Å². The monoisotopic (exact) mass is 407 g/mol. The Morgan fingerprint density at radius 1 is 0.759 bits per heavy atom. The van der Waals surface area contributed by atoms with Gasteiger partial charge in [0, 0.05) is 0 Å². The molecule has 3 aromatic rings. The summed E-state index contributed by atoms with van der Waals surface area (Å²) < 4.78 is 25.6. The molecule has 0 aromatic heterocycles. The fraction of sp³-hybridized carbons (Fsp3) is 0.280. The first-order valence-corrected chi connectivity index (χ1v) is 11.8. The molecule has 0 heterocycles. The number of nitrogens with two attached hydrogens (primary N) is 1. The largest absolute Gasteiger partial charge is 0.330 e. The van der Waals surface area contributed by atoms with Gasteiger partial charge in [-0.3, -0.25) is 0 Å². The fourth-order valence-corrected chi connectivity index (χ4v) is 5.16. The lowest BCUT2D eigenvalue weighted by Gasteiger charge is -2.13. The van der Waals surface area contributed by atoms with Crippen LogP contribution >= 0.6 is 0 Å². The van der Waals surface area contributed by atoms with Gasteiger partial charge in [0.15, 0.2) is 9.84 Å². The maximum absolute atomic E-state index is 12.8. The molecule has 1 atom stereocenters. The van der Waals surface area contributed by atoms with E-state index in [-0.39, 0.29) is 11.7 Å². The number of rotatable bonds is 9. The first-order chi connectivity index (χ1) is 14.0. The van der Waals surface area contributed by atoms with Gasteiger partial charge in [-0.15, -0.1) is 0 Å². The molecule has 29 heavy (non-hydrogen) atoms. The summed E-state index contributed by atoms with van der Waals surface area (Å²) in [6.45, 7) is 2.61. The van der Waals surface area contributed by atoms with E-state index < -0.39 is 9.84 Å². The highest BCUT2D eigenvalue weighted by molar-refractivity contribution is 7.91. The van der Waals surface area contributed by atoms with Crippen LogP contribution in [0, 0.1) is 0 Å². The molecule has 4 heteroatoms. The third-order valence-electron chi connectivity index (χ3n) is 5.25. The quantitative estimate of drug-likeness (QED) is 0.566. The second-order valence-corrected chi connectivity index (χ2v) is 9.63. The van der Waals surface area contributed by atoms with Crippen molar-refractivity contribution in [1.29, 1.82) is 0 Å². The predicted molar refractivity (Wildman–Crippen MR) is 120 cm³/mol. The van der Waals surface area contributed by atoms with Gasteiger partial charge >= 0.3 is 0 Å². The van der Waals surface area contributed by atoms with Gasteiger partial charge in [0.2, 0.25) is 0 Å². The molecule has 0 saturated heterocycles. The summed E-state index contributed by atoms with van der Waals surface area (Å²) in [5, 5.41) is 0. The third-order valence-corrected chi connectivity index (χ3v) is 7.18. The van der Waals surface area contributed by atoms with E-state index in [1.807, 2.05) is 49.4 Å². The van der Waals surface area contributed by atoms with Crippen molar-refractivity contribution in [3.63, 3.8) is 0 Å². The summed E-state index contributed by atoms with van der Waals surface area (Å²) in [5.41, 5.74) is 10.4. The van der Waals surface area contributed by atoms with E-state index in [9.17, 15) is 8.42 Å². The van der Waals surface area contributed by atoms with Crippen LogP contribution in [-0.4, -0.2) is 20.7 Å². The first kappa shape index (κ1) is 21.3. The molecule has 1 unspecified atom stereocenters. The van der Waals surface area contributed by atoms with Gasteiger partial charge in [0.1, 0.15) is 0 Å². The molecule has 0 aliphatic carbocycles. The number of hydrogen-bond donors (Lipinski definition) is 1. The van der Waals surface area contributed by atoms with Crippen LogP contribution in [0.15, 0.2) is 83.8 Å². The third kappa shape index (κ3) is 6.02. The molecule has 2 N–H and O–H groups in total. The molecular formula is C25H29NO2S. The Hall–Kier alpha value is -2.43. The molecule has 0 aliphatic heterocycles. The Morgan fingerprint density at radius 3 is 2.03 bits per heavy atom. The summed E-state index contributed by atoms with van der Waals surface area (Å²) in [5.74, 6) is 0.0753. The van der Waals surface area contributed by atoms with Crippen molar-refractivity contribution in [2.75, 3.05) is 12.3 Å². The van der Waals surface area contributed by atoms with E-state index in [0.717, 1.165) is 30.4 Å². The maximum atomic E-state index is 12.8. The van der Waals surface area contributed by atoms with Gasteiger partial charge in [-0.2, -0.15) is 0 Å². The van der Waals surface area contributed by atoms with Crippen LogP contribution in [0.5, 0.6) is 0 Å². The standard InChI is InChI=1S/C25H29NO2S/c1-20(24-8-3-2-4-9-24)19-29(27,28)25-14-12-21(13-15-25)10-11-22-6-5-7-23(18-22)16-17-26/h2-9,12-15,18,20H,10-11,16-17,19,26H2,1H3. The molecular weight excluding hydrogens is 378 g/mol. The smallest absolute Gasteiger partial charge is 0.178 e. The van der Waals surface area contributed by atoms with Gasteiger partial charge < -0.3 is 5.73 Å². The molecule has 0 spiro atoms.